The number of nitrogens with zero attached hydrogens (tertiary/aromatic N) is 2. The van der Waals surface area contributed by atoms with E-state index in [2.05, 4.69) is 17.9 Å². The van der Waals surface area contributed by atoms with Crippen LogP contribution in [0.15, 0.2) is 24.3 Å². The number of piperazine rings is 1. The van der Waals surface area contributed by atoms with Crippen LogP contribution in [0.3, 0.4) is 0 Å². The largest absolute Gasteiger partial charge is 0.495 e. The fourth-order valence-corrected chi connectivity index (χ4v) is 4.24. The number of anilines is 1. The van der Waals surface area contributed by atoms with Gasteiger partial charge in [0.2, 0.25) is 5.91 Å². The third kappa shape index (κ3) is 4.14. The Morgan fingerprint density at radius 3 is 2.78 bits per heavy atom. The van der Waals surface area contributed by atoms with Gasteiger partial charge < -0.3 is 14.5 Å². The van der Waals surface area contributed by atoms with Gasteiger partial charge in [-0.25, -0.2) is 0 Å². The van der Waals surface area contributed by atoms with Crippen molar-refractivity contribution in [3.8, 4) is 5.75 Å². The van der Waals surface area contributed by atoms with Crippen LogP contribution in [-0.4, -0.2) is 55.1 Å². The molecule has 126 valence electrons. The average molecular weight is 334 g/mol. The predicted octanol–water partition coefficient (Wildman–Crippen LogP) is 2.88. The van der Waals surface area contributed by atoms with Gasteiger partial charge in [0.25, 0.3) is 0 Å². The molecule has 2 aliphatic rings. The van der Waals surface area contributed by atoms with Crippen molar-refractivity contribution in [3.05, 3.63) is 24.3 Å². The molecule has 1 aromatic rings. The number of carbonyl (C=O) groups is 1. The van der Waals surface area contributed by atoms with Gasteiger partial charge in [-0.05, 0) is 43.6 Å². The van der Waals surface area contributed by atoms with Crippen molar-refractivity contribution in [2.24, 2.45) is 5.92 Å². The Bertz CT molecular complexity index is 548. The molecule has 3 rings (SSSR count). The van der Waals surface area contributed by atoms with Crippen LogP contribution >= 0.6 is 11.8 Å². The number of amides is 1. The molecule has 1 aromatic carbocycles. The van der Waals surface area contributed by atoms with Crippen molar-refractivity contribution >= 4 is 23.4 Å². The van der Waals surface area contributed by atoms with E-state index in [-0.39, 0.29) is 6.04 Å². The monoisotopic (exact) mass is 334 g/mol. The molecule has 1 amide bonds. The molecule has 4 nitrogen and oxygen atoms in total. The van der Waals surface area contributed by atoms with Crippen LogP contribution in [0.25, 0.3) is 0 Å². The molecule has 0 unspecified atom stereocenters. The Morgan fingerprint density at radius 2 is 2.09 bits per heavy atom. The highest BCUT2D eigenvalue weighted by Gasteiger charge is 2.29. The molecule has 0 spiro atoms. The maximum atomic E-state index is 12.4. The highest BCUT2D eigenvalue weighted by Crippen LogP contribution is 2.33. The molecular formula is C18H26N2O2S. The third-order valence-corrected chi connectivity index (χ3v) is 5.81. The first-order chi connectivity index (χ1) is 11.2. The van der Waals surface area contributed by atoms with Crippen LogP contribution in [0.5, 0.6) is 5.75 Å². The number of rotatable bonds is 6. The maximum absolute atomic E-state index is 12.4. The summed E-state index contributed by atoms with van der Waals surface area (Å²) in [6, 6.07) is 8.35. The van der Waals surface area contributed by atoms with E-state index in [0.717, 1.165) is 42.7 Å². The minimum absolute atomic E-state index is 0.239. The summed E-state index contributed by atoms with van der Waals surface area (Å²) in [5.41, 5.74) is 1.12. The predicted molar refractivity (Wildman–Crippen MR) is 96.4 cm³/mol. The Labute approximate surface area is 143 Å². The summed E-state index contributed by atoms with van der Waals surface area (Å²) in [6.45, 7) is 4.66. The van der Waals surface area contributed by atoms with Crippen LogP contribution in [-0.2, 0) is 4.79 Å². The first kappa shape index (κ1) is 16.5. The summed E-state index contributed by atoms with van der Waals surface area (Å²) in [4.78, 5) is 16.8. The minimum Gasteiger partial charge on any atom is -0.495 e. The first-order valence-corrected chi connectivity index (χ1v) is 9.59. The zero-order chi connectivity index (χ0) is 16.2. The van der Waals surface area contributed by atoms with E-state index in [1.807, 2.05) is 23.1 Å². The second-order valence-corrected chi connectivity index (χ2v) is 7.54. The van der Waals surface area contributed by atoms with Crippen LogP contribution in [0.2, 0.25) is 0 Å². The van der Waals surface area contributed by atoms with E-state index in [1.54, 1.807) is 18.9 Å². The Hall–Kier alpha value is -1.36. The van der Waals surface area contributed by atoms with Crippen molar-refractivity contribution < 1.29 is 9.53 Å². The van der Waals surface area contributed by atoms with Gasteiger partial charge in [-0.15, -0.1) is 0 Å². The Morgan fingerprint density at radius 1 is 1.30 bits per heavy atom. The highest BCUT2D eigenvalue weighted by atomic mass is 32.2. The molecule has 0 bridgehead atoms. The molecule has 1 aliphatic carbocycles. The number of hydrogen-bond donors (Lipinski definition) is 0. The fraction of sp³-hybridized carbons (Fsp3) is 0.611. The Kier molecular flexibility index (Phi) is 5.36. The molecule has 0 radical (unpaired) electrons. The zero-order valence-electron chi connectivity index (χ0n) is 14.0. The smallest absolute Gasteiger partial charge is 0.232 e. The quantitative estimate of drug-likeness (QED) is 0.801. The Balaban J connectivity index is 1.54. The summed E-state index contributed by atoms with van der Waals surface area (Å²) < 4.78 is 5.46. The van der Waals surface area contributed by atoms with Crippen molar-refractivity contribution in [3.63, 3.8) is 0 Å². The van der Waals surface area contributed by atoms with Gasteiger partial charge >= 0.3 is 0 Å². The van der Waals surface area contributed by atoms with Crippen molar-refractivity contribution in [1.82, 2.24) is 4.90 Å². The lowest BCUT2D eigenvalue weighted by Crippen LogP contribution is -2.54. The van der Waals surface area contributed by atoms with Gasteiger partial charge in [0, 0.05) is 25.7 Å². The lowest BCUT2D eigenvalue weighted by Gasteiger charge is -2.41. The van der Waals surface area contributed by atoms with Crippen molar-refractivity contribution in [1.29, 1.82) is 0 Å². The number of carbonyl (C=O) groups excluding carboxylic acids is 1. The van der Waals surface area contributed by atoms with Crippen LogP contribution in [0, 0.1) is 5.92 Å². The number of methoxy groups -OCH3 is 1. The number of ether oxygens (including phenoxy) is 1. The molecule has 1 aliphatic heterocycles. The zero-order valence-corrected chi connectivity index (χ0v) is 14.8. The molecule has 1 heterocycles. The van der Waals surface area contributed by atoms with E-state index in [1.165, 1.54) is 12.8 Å². The average Bonchev–Trinajstić information content (AvgIpc) is 3.38. The molecule has 5 heteroatoms. The van der Waals surface area contributed by atoms with Gasteiger partial charge in [-0.2, -0.15) is 11.8 Å². The highest BCUT2D eigenvalue weighted by molar-refractivity contribution is 7.99. The second kappa shape index (κ2) is 7.47. The molecule has 1 atom stereocenters. The van der Waals surface area contributed by atoms with Crippen molar-refractivity contribution in [2.45, 2.75) is 25.8 Å². The first-order valence-electron chi connectivity index (χ1n) is 8.44. The van der Waals surface area contributed by atoms with Gasteiger partial charge in [0.15, 0.2) is 0 Å². The summed E-state index contributed by atoms with van der Waals surface area (Å²) in [5, 5.41) is 0. The number of para-hydroxylation sites is 2. The van der Waals surface area contributed by atoms with Crippen molar-refractivity contribution in [2.75, 3.05) is 43.1 Å². The van der Waals surface area contributed by atoms with Gasteiger partial charge in [0.1, 0.15) is 5.75 Å². The lowest BCUT2D eigenvalue weighted by molar-refractivity contribution is -0.130. The van der Waals surface area contributed by atoms with Crippen LogP contribution in [0.1, 0.15) is 19.8 Å². The van der Waals surface area contributed by atoms with Gasteiger partial charge in [-0.3, -0.25) is 4.79 Å². The standard InChI is InChI=1S/C18H26N2O2S/c1-14-11-19(16-5-3-4-6-17(16)22-2)9-10-20(14)18(21)13-23-12-15-7-8-15/h3-6,14-15H,7-13H2,1-2H3/t14-/m1/s1. The third-order valence-electron chi connectivity index (χ3n) is 4.65. The van der Waals surface area contributed by atoms with E-state index in [0.29, 0.717) is 11.7 Å². The number of benzene rings is 1. The van der Waals surface area contributed by atoms with Crippen LogP contribution in [0.4, 0.5) is 5.69 Å². The van der Waals surface area contributed by atoms with E-state index in [9.17, 15) is 4.79 Å². The molecule has 2 fully saturated rings. The summed E-state index contributed by atoms with van der Waals surface area (Å²) >= 11 is 1.81. The van der Waals surface area contributed by atoms with Gasteiger partial charge in [-0.1, -0.05) is 12.1 Å². The molecule has 1 saturated heterocycles. The lowest BCUT2D eigenvalue weighted by atomic mass is 10.1. The number of hydrogen-bond acceptors (Lipinski definition) is 4. The maximum Gasteiger partial charge on any atom is 0.232 e. The molecular weight excluding hydrogens is 308 g/mol. The fourth-order valence-electron chi connectivity index (χ4n) is 3.12. The molecule has 0 N–H and O–H groups in total. The van der Waals surface area contributed by atoms with E-state index < -0.39 is 0 Å². The minimum atomic E-state index is 0.239. The summed E-state index contributed by atoms with van der Waals surface area (Å²) in [6.07, 6.45) is 2.71. The normalized spacial score (nSPS) is 21.4. The SMILES string of the molecule is COc1ccccc1N1CCN(C(=O)CSCC2CC2)[C@H](C)C1. The molecule has 0 aromatic heterocycles. The summed E-state index contributed by atoms with van der Waals surface area (Å²) in [7, 11) is 1.71. The molecule has 1 saturated carbocycles. The number of thioether (sulfide) groups is 1. The van der Waals surface area contributed by atoms with E-state index >= 15 is 0 Å². The van der Waals surface area contributed by atoms with Crippen LogP contribution < -0.4 is 9.64 Å². The molecule has 23 heavy (non-hydrogen) atoms. The second-order valence-electron chi connectivity index (χ2n) is 6.51. The topological polar surface area (TPSA) is 32.8 Å². The summed E-state index contributed by atoms with van der Waals surface area (Å²) in [5.74, 6) is 3.87. The van der Waals surface area contributed by atoms with Gasteiger partial charge in [0.05, 0.1) is 18.6 Å². The van der Waals surface area contributed by atoms with E-state index in [4.69, 9.17) is 4.74 Å².